The van der Waals surface area contributed by atoms with Gasteiger partial charge in [0.1, 0.15) is 0 Å². The summed E-state index contributed by atoms with van der Waals surface area (Å²) in [7, 11) is 0. The van der Waals surface area contributed by atoms with Gasteiger partial charge in [0.2, 0.25) is 11.8 Å². The molecule has 0 unspecified atom stereocenters. The lowest BCUT2D eigenvalue weighted by atomic mass is 10.1. The summed E-state index contributed by atoms with van der Waals surface area (Å²) in [4.78, 5) is 35.1. The van der Waals surface area contributed by atoms with Crippen LogP contribution >= 0.6 is 0 Å². The largest absolute Gasteiger partial charge is 0.366 e. The standard InChI is InChI=1S/C18H17N3O3/c19-17(23)12-4-1-5-13(9-12)18(24)20-14-7-8-15-11(10-14)3-2-6-16(22)21-15/h1,4-5,7-10H,2-3,6H2,(H2,19,23)(H,20,24)(H,21,22). The van der Waals surface area contributed by atoms with Crippen molar-refractivity contribution in [1.82, 2.24) is 0 Å². The monoisotopic (exact) mass is 323 g/mol. The van der Waals surface area contributed by atoms with Gasteiger partial charge in [-0.15, -0.1) is 0 Å². The first-order valence-electron chi connectivity index (χ1n) is 7.67. The van der Waals surface area contributed by atoms with E-state index in [1.54, 1.807) is 30.3 Å². The molecule has 1 heterocycles. The molecule has 0 radical (unpaired) electrons. The van der Waals surface area contributed by atoms with Crippen molar-refractivity contribution in [2.24, 2.45) is 5.73 Å². The number of nitrogens with two attached hydrogens (primary N) is 1. The first-order chi connectivity index (χ1) is 11.5. The van der Waals surface area contributed by atoms with E-state index in [0.29, 0.717) is 17.7 Å². The highest BCUT2D eigenvalue weighted by molar-refractivity contribution is 6.06. The SMILES string of the molecule is NC(=O)c1cccc(C(=O)Nc2ccc3c(c2)CCCC(=O)N3)c1. The minimum absolute atomic E-state index is 0.00815. The van der Waals surface area contributed by atoms with Gasteiger partial charge in [-0.25, -0.2) is 0 Å². The van der Waals surface area contributed by atoms with E-state index < -0.39 is 5.91 Å². The van der Waals surface area contributed by atoms with Crippen LogP contribution in [0.5, 0.6) is 0 Å². The average molecular weight is 323 g/mol. The fourth-order valence-electron chi connectivity index (χ4n) is 2.67. The third-order valence-electron chi connectivity index (χ3n) is 3.90. The number of benzene rings is 2. The molecule has 6 nitrogen and oxygen atoms in total. The number of nitrogens with one attached hydrogen (secondary N) is 2. The van der Waals surface area contributed by atoms with Crippen LogP contribution in [0.3, 0.4) is 0 Å². The second-order valence-electron chi connectivity index (χ2n) is 5.67. The molecule has 0 spiro atoms. The van der Waals surface area contributed by atoms with Gasteiger partial charge in [-0.05, 0) is 54.8 Å². The second kappa shape index (κ2) is 6.54. The molecule has 24 heavy (non-hydrogen) atoms. The highest BCUT2D eigenvalue weighted by Crippen LogP contribution is 2.25. The molecule has 2 aromatic carbocycles. The molecule has 1 aliphatic heterocycles. The summed E-state index contributed by atoms with van der Waals surface area (Å²) in [6.07, 6.45) is 2.04. The van der Waals surface area contributed by atoms with Crippen molar-refractivity contribution in [3.05, 3.63) is 59.2 Å². The van der Waals surface area contributed by atoms with Gasteiger partial charge in [0.25, 0.3) is 5.91 Å². The van der Waals surface area contributed by atoms with E-state index in [4.69, 9.17) is 5.73 Å². The molecule has 4 N–H and O–H groups in total. The Morgan fingerprint density at radius 1 is 1.04 bits per heavy atom. The molecular weight excluding hydrogens is 306 g/mol. The number of rotatable bonds is 3. The lowest BCUT2D eigenvalue weighted by molar-refractivity contribution is -0.116. The Labute approximate surface area is 139 Å². The van der Waals surface area contributed by atoms with Gasteiger partial charge in [-0.2, -0.15) is 0 Å². The summed E-state index contributed by atoms with van der Waals surface area (Å²) < 4.78 is 0. The zero-order valence-corrected chi connectivity index (χ0v) is 13.0. The Hall–Kier alpha value is -3.15. The summed E-state index contributed by atoms with van der Waals surface area (Å²) >= 11 is 0. The summed E-state index contributed by atoms with van der Waals surface area (Å²) in [5.41, 5.74) is 8.29. The van der Waals surface area contributed by atoms with Gasteiger partial charge in [0.05, 0.1) is 0 Å². The Kier molecular flexibility index (Phi) is 4.29. The number of carbonyl (C=O) groups is 3. The highest BCUT2D eigenvalue weighted by Gasteiger charge is 2.14. The minimum atomic E-state index is -0.578. The molecule has 0 aromatic heterocycles. The van der Waals surface area contributed by atoms with E-state index in [1.165, 1.54) is 6.07 Å². The highest BCUT2D eigenvalue weighted by atomic mass is 16.2. The number of hydrogen-bond donors (Lipinski definition) is 3. The van der Waals surface area contributed by atoms with Crippen molar-refractivity contribution < 1.29 is 14.4 Å². The smallest absolute Gasteiger partial charge is 0.255 e. The molecule has 2 aromatic rings. The third kappa shape index (κ3) is 3.43. The van der Waals surface area contributed by atoms with Crippen LogP contribution in [-0.2, 0) is 11.2 Å². The van der Waals surface area contributed by atoms with Gasteiger partial charge in [0.15, 0.2) is 0 Å². The number of aryl methyl sites for hydroxylation is 1. The molecule has 122 valence electrons. The molecule has 1 aliphatic rings. The van der Waals surface area contributed by atoms with Crippen LogP contribution < -0.4 is 16.4 Å². The summed E-state index contributed by atoms with van der Waals surface area (Å²) in [6.45, 7) is 0. The van der Waals surface area contributed by atoms with E-state index in [1.807, 2.05) is 6.07 Å². The van der Waals surface area contributed by atoms with E-state index in [0.717, 1.165) is 24.1 Å². The molecule has 0 fully saturated rings. The van der Waals surface area contributed by atoms with Crippen molar-refractivity contribution >= 4 is 29.1 Å². The molecular formula is C18H17N3O3. The van der Waals surface area contributed by atoms with Crippen LogP contribution in [0.15, 0.2) is 42.5 Å². The number of amides is 3. The summed E-state index contributed by atoms with van der Waals surface area (Å²) in [5, 5.41) is 5.65. The molecule has 3 amide bonds. The van der Waals surface area contributed by atoms with Crippen LogP contribution in [0.4, 0.5) is 11.4 Å². The van der Waals surface area contributed by atoms with E-state index in [9.17, 15) is 14.4 Å². The van der Waals surface area contributed by atoms with E-state index in [-0.39, 0.29) is 17.4 Å². The van der Waals surface area contributed by atoms with Crippen molar-refractivity contribution in [1.29, 1.82) is 0 Å². The van der Waals surface area contributed by atoms with Crippen LogP contribution in [0, 0.1) is 0 Å². The van der Waals surface area contributed by atoms with E-state index >= 15 is 0 Å². The van der Waals surface area contributed by atoms with Crippen LogP contribution in [0.25, 0.3) is 0 Å². The van der Waals surface area contributed by atoms with Crippen molar-refractivity contribution in [2.45, 2.75) is 19.3 Å². The Bertz CT molecular complexity index is 830. The maximum absolute atomic E-state index is 12.3. The fourth-order valence-corrected chi connectivity index (χ4v) is 2.67. The van der Waals surface area contributed by atoms with Crippen molar-refractivity contribution in [3.8, 4) is 0 Å². The maximum Gasteiger partial charge on any atom is 0.255 e. The number of fused-ring (bicyclic) bond motifs is 1. The molecule has 0 saturated heterocycles. The number of hydrogen-bond acceptors (Lipinski definition) is 3. The van der Waals surface area contributed by atoms with Crippen LogP contribution in [0.1, 0.15) is 39.1 Å². The van der Waals surface area contributed by atoms with Crippen molar-refractivity contribution in [3.63, 3.8) is 0 Å². The number of carbonyl (C=O) groups excluding carboxylic acids is 3. The second-order valence-corrected chi connectivity index (χ2v) is 5.67. The van der Waals surface area contributed by atoms with Gasteiger partial charge < -0.3 is 16.4 Å². The Balaban J connectivity index is 1.80. The Morgan fingerprint density at radius 2 is 1.83 bits per heavy atom. The predicted molar refractivity (Wildman–Crippen MR) is 90.9 cm³/mol. The normalized spacial score (nSPS) is 13.4. The Morgan fingerprint density at radius 3 is 2.62 bits per heavy atom. The summed E-state index contributed by atoms with van der Waals surface area (Å²) in [6, 6.07) is 11.6. The van der Waals surface area contributed by atoms with Gasteiger partial charge >= 0.3 is 0 Å². The van der Waals surface area contributed by atoms with Crippen molar-refractivity contribution in [2.75, 3.05) is 10.6 Å². The van der Waals surface area contributed by atoms with E-state index in [2.05, 4.69) is 10.6 Å². The topological polar surface area (TPSA) is 101 Å². The molecule has 0 atom stereocenters. The fraction of sp³-hybridized carbons (Fsp3) is 0.167. The number of primary amides is 1. The first-order valence-corrected chi connectivity index (χ1v) is 7.67. The van der Waals surface area contributed by atoms with Gasteiger partial charge in [-0.1, -0.05) is 6.07 Å². The molecule has 6 heteroatoms. The quantitative estimate of drug-likeness (QED) is 0.808. The molecule has 0 aliphatic carbocycles. The molecule has 3 rings (SSSR count). The third-order valence-corrected chi connectivity index (χ3v) is 3.90. The maximum atomic E-state index is 12.3. The van der Waals surface area contributed by atoms with Gasteiger partial charge in [0, 0.05) is 28.9 Å². The minimum Gasteiger partial charge on any atom is -0.366 e. The van der Waals surface area contributed by atoms with Crippen LogP contribution in [-0.4, -0.2) is 17.7 Å². The van der Waals surface area contributed by atoms with Crippen LogP contribution in [0.2, 0.25) is 0 Å². The first kappa shape index (κ1) is 15.7. The molecule has 0 saturated carbocycles. The summed E-state index contributed by atoms with van der Waals surface area (Å²) in [5.74, 6) is -0.894. The average Bonchev–Trinajstić information content (AvgIpc) is 2.75. The zero-order valence-electron chi connectivity index (χ0n) is 13.0. The predicted octanol–water partition coefficient (Wildman–Crippen LogP) is 2.31. The number of anilines is 2. The lowest BCUT2D eigenvalue weighted by Crippen LogP contribution is -2.15. The van der Waals surface area contributed by atoms with Gasteiger partial charge in [-0.3, -0.25) is 14.4 Å². The molecule has 0 bridgehead atoms. The lowest BCUT2D eigenvalue weighted by Gasteiger charge is -2.11. The zero-order chi connectivity index (χ0) is 17.1.